The number of thiophene rings is 1. The maximum Gasteiger partial charge on any atom is 0.272 e. The van der Waals surface area contributed by atoms with E-state index < -0.39 is 0 Å². The quantitative estimate of drug-likeness (QED) is 0.767. The fourth-order valence-corrected chi connectivity index (χ4v) is 2.36. The number of furan rings is 1. The molecule has 0 saturated heterocycles. The van der Waals surface area contributed by atoms with Gasteiger partial charge in [-0.25, -0.2) is 0 Å². The number of nitrogens with one attached hydrogen (secondary N) is 2. The van der Waals surface area contributed by atoms with Gasteiger partial charge in [0.2, 0.25) is 0 Å². The lowest BCUT2D eigenvalue weighted by Gasteiger charge is -1.99. The van der Waals surface area contributed by atoms with Gasteiger partial charge < -0.3 is 9.73 Å². The third-order valence-corrected chi connectivity index (χ3v) is 3.50. The highest BCUT2D eigenvalue weighted by atomic mass is 32.1. The summed E-state index contributed by atoms with van der Waals surface area (Å²) in [5.41, 5.74) is 1.22. The van der Waals surface area contributed by atoms with Gasteiger partial charge in [-0.1, -0.05) is 6.07 Å². The second-order valence-electron chi connectivity index (χ2n) is 3.91. The monoisotopic (exact) mass is 273 g/mol. The summed E-state index contributed by atoms with van der Waals surface area (Å²) in [6, 6.07) is 9.26. The van der Waals surface area contributed by atoms with Crippen LogP contribution in [0.4, 0.5) is 0 Å². The van der Waals surface area contributed by atoms with Gasteiger partial charge in [0.1, 0.15) is 5.76 Å². The van der Waals surface area contributed by atoms with Crippen LogP contribution in [0.15, 0.2) is 46.4 Å². The van der Waals surface area contributed by atoms with Crippen LogP contribution in [0.25, 0.3) is 10.6 Å². The number of hydrogen-bond acceptors (Lipinski definition) is 4. The van der Waals surface area contributed by atoms with Crippen LogP contribution in [0.5, 0.6) is 0 Å². The Hall–Kier alpha value is -2.34. The van der Waals surface area contributed by atoms with E-state index in [4.69, 9.17) is 4.42 Å². The van der Waals surface area contributed by atoms with Crippen molar-refractivity contribution in [2.45, 2.75) is 6.54 Å². The van der Waals surface area contributed by atoms with Crippen molar-refractivity contribution in [1.29, 1.82) is 0 Å². The van der Waals surface area contributed by atoms with Gasteiger partial charge in [0.05, 0.1) is 23.4 Å². The molecule has 0 aliphatic rings. The maximum atomic E-state index is 11.9. The molecule has 0 aliphatic carbocycles. The number of hydrogen-bond donors (Lipinski definition) is 2. The molecule has 0 fully saturated rings. The fourth-order valence-electron chi connectivity index (χ4n) is 1.67. The molecule has 0 saturated carbocycles. The average Bonchev–Trinajstić information content (AvgIpc) is 3.14. The standard InChI is InChI=1S/C13H11N3O2S/c17-13(14-8-9-3-1-5-18-9)11-7-10(15-16-11)12-4-2-6-19-12/h1-7H,8H2,(H,14,17)(H,15,16). The zero-order valence-corrected chi connectivity index (χ0v) is 10.7. The molecule has 0 radical (unpaired) electrons. The molecule has 0 spiro atoms. The van der Waals surface area contributed by atoms with E-state index in [0.29, 0.717) is 18.0 Å². The van der Waals surface area contributed by atoms with Gasteiger partial charge in [0.15, 0.2) is 5.69 Å². The zero-order valence-electron chi connectivity index (χ0n) is 9.92. The first-order valence-electron chi connectivity index (χ1n) is 5.73. The molecule has 3 aromatic rings. The number of amides is 1. The van der Waals surface area contributed by atoms with Crippen molar-refractivity contribution in [3.63, 3.8) is 0 Å². The highest BCUT2D eigenvalue weighted by molar-refractivity contribution is 7.13. The number of aromatic amines is 1. The highest BCUT2D eigenvalue weighted by Gasteiger charge is 2.11. The summed E-state index contributed by atoms with van der Waals surface area (Å²) in [5.74, 6) is 0.484. The van der Waals surface area contributed by atoms with Crippen molar-refractivity contribution in [2.24, 2.45) is 0 Å². The van der Waals surface area contributed by atoms with Gasteiger partial charge in [0.25, 0.3) is 5.91 Å². The Morgan fingerprint density at radius 1 is 1.42 bits per heavy atom. The van der Waals surface area contributed by atoms with E-state index in [0.717, 1.165) is 10.6 Å². The lowest BCUT2D eigenvalue weighted by atomic mass is 10.3. The molecule has 3 aromatic heterocycles. The normalized spacial score (nSPS) is 10.5. The summed E-state index contributed by atoms with van der Waals surface area (Å²) >= 11 is 1.59. The minimum Gasteiger partial charge on any atom is -0.467 e. The van der Waals surface area contributed by atoms with Crippen LogP contribution in [0, 0.1) is 0 Å². The van der Waals surface area contributed by atoms with E-state index in [-0.39, 0.29) is 5.91 Å². The smallest absolute Gasteiger partial charge is 0.272 e. The number of aromatic nitrogens is 2. The average molecular weight is 273 g/mol. The van der Waals surface area contributed by atoms with Crippen molar-refractivity contribution in [2.75, 3.05) is 0 Å². The zero-order chi connectivity index (χ0) is 13.1. The van der Waals surface area contributed by atoms with Crippen LogP contribution in [-0.4, -0.2) is 16.1 Å². The first-order chi connectivity index (χ1) is 9.33. The SMILES string of the molecule is O=C(NCc1ccco1)c1cc(-c2cccs2)[nH]n1. The molecule has 0 aromatic carbocycles. The topological polar surface area (TPSA) is 70.9 Å². The molecule has 0 atom stereocenters. The molecular weight excluding hydrogens is 262 g/mol. The summed E-state index contributed by atoms with van der Waals surface area (Å²) in [6.07, 6.45) is 1.57. The van der Waals surface area contributed by atoms with Crippen LogP contribution in [0.1, 0.15) is 16.2 Å². The van der Waals surface area contributed by atoms with Crippen molar-refractivity contribution < 1.29 is 9.21 Å². The Bertz CT molecular complexity index is 656. The molecule has 2 N–H and O–H groups in total. The van der Waals surface area contributed by atoms with E-state index >= 15 is 0 Å². The van der Waals surface area contributed by atoms with Crippen molar-refractivity contribution in [1.82, 2.24) is 15.5 Å². The number of rotatable bonds is 4. The Morgan fingerprint density at radius 2 is 2.37 bits per heavy atom. The number of H-pyrrole nitrogens is 1. The molecule has 0 unspecified atom stereocenters. The van der Waals surface area contributed by atoms with Gasteiger partial charge in [0, 0.05) is 0 Å². The molecule has 6 heteroatoms. The Balaban J connectivity index is 1.67. The van der Waals surface area contributed by atoms with Gasteiger partial charge in [-0.05, 0) is 29.6 Å². The van der Waals surface area contributed by atoms with Crippen molar-refractivity contribution in [3.8, 4) is 10.6 Å². The van der Waals surface area contributed by atoms with Gasteiger partial charge >= 0.3 is 0 Å². The molecule has 3 rings (SSSR count). The number of nitrogens with zero attached hydrogens (tertiary/aromatic N) is 1. The van der Waals surface area contributed by atoms with E-state index in [1.54, 1.807) is 29.7 Å². The van der Waals surface area contributed by atoms with Crippen molar-refractivity contribution >= 4 is 17.2 Å². The Labute approximate surface area is 113 Å². The predicted octanol–water partition coefficient (Wildman–Crippen LogP) is 2.66. The van der Waals surface area contributed by atoms with Gasteiger partial charge in [-0.2, -0.15) is 5.10 Å². The van der Waals surface area contributed by atoms with E-state index in [2.05, 4.69) is 15.5 Å². The number of carbonyl (C=O) groups is 1. The van der Waals surface area contributed by atoms with Crippen LogP contribution in [0.2, 0.25) is 0 Å². The molecule has 3 heterocycles. The Morgan fingerprint density at radius 3 is 3.11 bits per heavy atom. The molecular formula is C13H11N3O2S. The van der Waals surface area contributed by atoms with Crippen LogP contribution < -0.4 is 5.32 Å². The molecule has 0 aliphatic heterocycles. The van der Waals surface area contributed by atoms with Crippen molar-refractivity contribution in [3.05, 3.63) is 53.4 Å². The predicted molar refractivity (Wildman–Crippen MR) is 71.8 cm³/mol. The molecule has 0 bridgehead atoms. The summed E-state index contributed by atoms with van der Waals surface area (Å²) in [6.45, 7) is 0.354. The second kappa shape index (κ2) is 5.11. The van der Waals surface area contributed by atoms with E-state index in [9.17, 15) is 4.79 Å². The minimum absolute atomic E-state index is 0.226. The minimum atomic E-state index is -0.226. The van der Waals surface area contributed by atoms with E-state index in [1.165, 1.54) is 0 Å². The third-order valence-electron chi connectivity index (χ3n) is 2.60. The van der Waals surface area contributed by atoms with E-state index in [1.807, 2.05) is 23.6 Å². The molecule has 19 heavy (non-hydrogen) atoms. The number of carbonyl (C=O) groups excluding carboxylic acids is 1. The fraction of sp³-hybridized carbons (Fsp3) is 0.0769. The third kappa shape index (κ3) is 2.58. The van der Waals surface area contributed by atoms with Crippen LogP contribution in [-0.2, 0) is 6.54 Å². The first-order valence-corrected chi connectivity index (χ1v) is 6.61. The summed E-state index contributed by atoms with van der Waals surface area (Å²) in [5, 5.41) is 11.6. The van der Waals surface area contributed by atoms with Gasteiger partial charge in [-0.15, -0.1) is 11.3 Å². The summed E-state index contributed by atoms with van der Waals surface area (Å²) in [4.78, 5) is 12.9. The lowest BCUT2D eigenvalue weighted by molar-refractivity contribution is 0.0943. The Kier molecular flexibility index (Phi) is 3.16. The largest absolute Gasteiger partial charge is 0.467 e. The first kappa shape index (κ1) is 11.7. The summed E-state index contributed by atoms with van der Waals surface area (Å²) < 4.78 is 5.14. The lowest BCUT2D eigenvalue weighted by Crippen LogP contribution is -2.22. The van der Waals surface area contributed by atoms with Gasteiger partial charge in [-0.3, -0.25) is 9.89 Å². The summed E-state index contributed by atoms with van der Waals surface area (Å²) in [7, 11) is 0. The second-order valence-corrected chi connectivity index (χ2v) is 4.85. The maximum absolute atomic E-state index is 11.9. The van der Waals surface area contributed by atoms with Crippen LogP contribution >= 0.6 is 11.3 Å². The molecule has 96 valence electrons. The molecule has 1 amide bonds. The van der Waals surface area contributed by atoms with Crippen LogP contribution in [0.3, 0.4) is 0 Å². The highest BCUT2D eigenvalue weighted by Crippen LogP contribution is 2.22. The molecule has 5 nitrogen and oxygen atoms in total.